The first kappa shape index (κ1) is 11.1. The number of hydrogen-bond donors (Lipinski definition) is 2. The molecule has 1 heterocycles. The van der Waals surface area contributed by atoms with Crippen molar-refractivity contribution >= 4 is 12.8 Å². The molecule has 70 valence electrons. The highest BCUT2D eigenvalue weighted by Gasteiger charge is 2.10. The quantitative estimate of drug-likeness (QED) is 0.588. The number of carboxylic acid groups (broad SMARTS) is 1. The molecule has 1 aliphatic heterocycles. The van der Waals surface area contributed by atoms with Crippen LogP contribution in [0.15, 0.2) is 0 Å². The van der Waals surface area contributed by atoms with Crippen molar-refractivity contribution in [3.8, 4) is 0 Å². The van der Waals surface area contributed by atoms with E-state index in [0.717, 1.165) is 25.8 Å². The van der Waals surface area contributed by atoms with Gasteiger partial charge in [-0.1, -0.05) is 0 Å². The third-order valence-electron chi connectivity index (χ3n) is 1.83. The van der Waals surface area contributed by atoms with Crippen LogP contribution < -0.4 is 5.32 Å². The minimum atomic E-state index is -0.250. The second-order valence-corrected chi connectivity index (χ2v) is 2.72. The summed E-state index contributed by atoms with van der Waals surface area (Å²) in [5, 5.41) is 10.1. The fourth-order valence-corrected chi connectivity index (χ4v) is 1.26. The Balaban J connectivity index is 0.000000354. The van der Waals surface area contributed by atoms with E-state index in [9.17, 15) is 4.79 Å². The van der Waals surface area contributed by atoms with Crippen LogP contribution >= 0.6 is 0 Å². The van der Waals surface area contributed by atoms with Gasteiger partial charge >= 0.3 is 0 Å². The summed E-state index contributed by atoms with van der Waals surface area (Å²) >= 11 is 0. The van der Waals surface area contributed by atoms with Gasteiger partial charge in [0, 0.05) is 6.42 Å². The Morgan fingerprint density at radius 3 is 2.58 bits per heavy atom. The van der Waals surface area contributed by atoms with Crippen molar-refractivity contribution in [3.63, 3.8) is 0 Å². The highest BCUT2D eigenvalue weighted by molar-refractivity contribution is 5.49. The minimum absolute atomic E-state index is 0.250. The van der Waals surface area contributed by atoms with Gasteiger partial charge in [0.2, 0.25) is 0 Å². The van der Waals surface area contributed by atoms with Gasteiger partial charge in [-0.3, -0.25) is 4.79 Å². The zero-order valence-electron chi connectivity index (χ0n) is 7.03. The van der Waals surface area contributed by atoms with Crippen LogP contribution in [0.1, 0.15) is 19.3 Å². The van der Waals surface area contributed by atoms with E-state index in [1.807, 2.05) is 0 Å². The molecule has 0 radical (unpaired) electrons. The lowest BCUT2D eigenvalue weighted by atomic mass is 9.97. The minimum Gasteiger partial charge on any atom is -0.483 e. The molecule has 4 nitrogen and oxygen atoms in total. The smallest absolute Gasteiger partial charge is 0.290 e. The van der Waals surface area contributed by atoms with Crippen molar-refractivity contribution < 1.29 is 14.7 Å². The monoisotopic (exact) mass is 173 g/mol. The molecule has 1 aliphatic rings. The number of nitrogens with one attached hydrogen (secondary N) is 1. The first-order chi connectivity index (χ1) is 5.85. The Hall–Kier alpha value is -0.900. The van der Waals surface area contributed by atoms with Crippen LogP contribution in [-0.4, -0.2) is 31.0 Å². The fourth-order valence-electron chi connectivity index (χ4n) is 1.26. The summed E-state index contributed by atoms with van der Waals surface area (Å²) in [6.07, 6.45) is 4.23. The van der Waals surface area contributed by atoms with E-state index in [-0.39, 0.29) is 6.47 Å². The van der Waals surface area contributed by atoms with Crippen LogP contribution in [0.2, 0.25) is 0 Å². The van der Waals surface area contributed by atoms with Gasteiger partial charge in [-0.25, -0.2) is 0 Å². The van der Waals surface area contributed by atoms with Crippen molar-refractivity contribution in [2.45, 2.75) is 19.3 Å². The molecule has 0 aromatic rings. The first-order valence-electron chi connectivity index (χ1n) is 4.07. The van der Waals surface area contributed by atoms with Gasteiger partial charge < -0.3 is 15.2 Å². The predicted octanol–water partition coefficient (Wildman–Crippen LogP) is 0.276. The Labute approximate surface area is 72.0 Å². The predicted molar refractivity (Wildman–Crippen MR) is 45.0 cm³/mol. The molecule has 2 N–H and O–H groups in total. The third kappa shape index (κ3) is 5.85. The van der Waals surface area contributed by atoms with E-state index in [4.69, 9.17) is 9.90 Å². The average Bonchev–Trinajstić information content (AvgIpc) is 2.08. The zero-order valence-corrected chi connectivity index (χ0v) is 7.03. The molecule has 0 amide bonds. The Kier molecular flexibility index (Phi) is 7.58. The van der Waals surface area contributed by atoms with Crippen molar-refractivity contribution in [3.05, 3.63) is 0 Å². The lowest BCUT2D eigenvalue weighted by Crippen LogP contribution is -2.29. The van der Waals surface area contributed by atoms with E-state index in [0.29, 0.717) is 5.92 Å². The van der Waals surface area contributed by atoms with Crippen LogP contribution in [0.25, 0.3) is 0 Å². The van der Waals surface area contributed by atoms with E-state index >= 15 is 0 Å². The van der Waals surface area contributed by atoms with Gasteiger partial charge in [0.25, 0.3) is 6.47 Å². The maximum absolute atomic E-state index is 10.0. The molecule has 0 aromatic heterocycles. The van der Waals surface area contributed by atoms with Gasteiger partial charge in [-0.05, 0) is 31.8 Å². The molecular weight excluding hydrogens is 158 g/mol. The first-order valence-corrected chi connectivity index (χ1v) is 4.07. The number of aldehydes is 1. The summed E-state index contributed by atoms with van der Waals surface area (Å²) in [5.74, 6) is 0.622. The largest absolute Gasteiger partial charge is 0.483 e. The second-order valence-electron chi connectivity index (χ2n) is 2.72. The Morgan fingerprint density at radius 2 is 2.17 bits per heavy atom. The molecule has 1 saturated heterocycles. The number of rotatable bonds is 2. The van der Waals surface area contributed by atoms with Gasteiger partial charge in [0.15, 0.2) is 0 Å². The van der Waals surface area contributed by atoms with Gasteiger partial charge in [-0.15, -0.1) is 0 Å². The molecule has 12 heavy (non-hydrogen) atoms. The maximum Gasteiger partial charge on any atom is 0.290 e. The van der Waals surface area contributed by atoms with Crippen LogP contribution in [0.5, 0.6) is 0 Å². The topological polar surface area (TPSA) is 66.4 Å². The molecule has 4 heteroatoms. The molecule has 1 rings (SSSR count). The van der Waals surface area contributed by atoms with E-state index in [2.05, 4.69) is 5.32 Å². The molecule has 0 spiro atoms. The fraction of sp³-hybridized carbons (Fsp3) is 0.750. The maximum atomic E-state index is 10.0. The van der Waals surface area contributed by atoms with Crippen LogP contribution in [-0.2, 0) is 9.59 Å². The SMILES string of the molecule is O=CCC1CCCNC1.O=CO. The molecule has 0 aromatic carbocycles. The van der Waals surface area contributed by atoms with Crippen molar-refractivity contribution in [1.29, 1.82) is 0 Å². The third-order valence-corrected chi connectivity index (χ3v) is 1.83. The zero-order chi connectivity index (χ0) is 9.23. The molecule has 1 fully saturated rings. The van der Waals surface area contributed by atoms with Crippen molar-refractivity contribution in [1.82, 2.24) is 5.32 Å². The molecule has 1 unspecified atom stereocenters. The van der Waals surface area contributed by atoms with Gasteiger partial charge in [-0.2, -0.15) is 0 Å². The van der Waals surface area contributed by atoms with Crippen LogP contribution in [0.3, 0.4) is 0 Å². The highest BCUT2D eigenvalue weighted by Crippen LogP contribution is 2.11. The van der Waals surface area contributed by atoms with E-state index in [1.54, 1.807) is 0 Å². The summed E-state index contributed by atoms with van der Waals surface area (Å²) in [4.78, 5) is 18.4. The Bertz CT molecular complexity index is 121. The lowest BCUT2D eigenvalue weighted by molar-refractivity contribution is -0.122. The number of hydrogen-bond acceptors (Lipinski definition) is 3. The number of carbonyl (C=O) groups is 2. The molecule has 1 atom stereocenters. The number of piperidine rings is 1. The summed E-state index contributed by atoms with van der Waals surface area (Å²) in [6, 6.07) is 0. The molecular formula is C8H15NO3. The van der Waals surface area contributed by atoms with E-state index < -0.39 is 0 Å². The standard InChI is InChI=1S/C7H13NO.CH2O2/c9-5-3-7-2-1-4-8-6-7;2-1-3/h5,7-8H,1-4,6H2;1H,(H,2,3). The van der Waals surface area contributed by atoms with Gasteiger partial charge in [0.05, 0.1) is 0 Å². The normalized spacial score (nSPS) is 21.8. The number of carbonyl (C=O) groups excluding carboxylic acids is 1. The van der Waals surface area contributed by atoms with Crippen LogP contribution in [0, 0.1) is 5.92 Å². The lowest BCUT2D eigenvalue weighted by Gasteiger charge is -2.19. The second kappa shape index (κ2) is 8.20. The summed E-state index contributed by atoms with van der Waals surface area (Å²) < 4.78 is 0. The highest BCUT2D eigenvalue weighted by atomic mass is 16.3. The average molecular weight is 173 g/mol. The summed E-state index contributed by atoms with van der Waals surface area (Å²) in [6.45, 7) is 1.92. The summed E-state index contributed by atoms with van der Waals surface area (Å²) in [7, 11) is 0. The summed E-state index contributed by atoms with van der Waals surface area (Å²) in [5.41, 5.74) is 0. The molecule has 0 aliphatic carbocycles. The molecule has 0 saturated carbocycles. The Morgan fingerprint density at radius 1 is 1.50 bits per heavy atom. The van der Waals surface area contributed by atoms with Gasteiger partial charge in [0.1, 0.15) is 6.29 Å². The van der Waals surface area contributed by atoms with Crippen molar-refractivity contribution in [2.75, 3.05) is 13.1 Å². The van der Waals surface area contributed by atoms with Crippen LogP contribution in [0.4, 0.5) is 0 Å². The van der Waals surface area contributed by atoms with Crippen molar-refractivity contribution in [2.24, 2.45) is 5.92 Å². The van der Waals surface area contributed by atoms with E-state index in [1.165, 1.54) is 12.8 Å². The molecule has 0 bridgehead atoms.